The molecule has 27 heavy (non-hydrogen) atoms. The Balaban J connectivity index is 0.000000481. The van der Waals surface area contributed by atoms with Gasteiger partial charge in [-0.15, -0.1) is 0 Å². The Bertz CT molecular complexity index is 979. The molecular weight excluding hydrogens is 342 g/mol. The van der Waals surface area contributed by atoms with E-state index in [0.717, 1.165) is 24.0 Å². The molecule has 0 aliphatic heterocycles. The number of carbonyl (C=O) groups is 2. The van der Waals surface area contributed by atoms with Crippen LogP contribution in [0.3, 0.4) is 0 Å². The monoisotopic (exact) mass is 361 g/mol. The lowest BCUT2D eigenvalue weighted by Crippen LogP contribution is -2.26. The second kappa shape index (κ2) is 7.85. The minimum Gasteiger partial charge on any atom is -0.481 e. The molecule has 5 heteroatoms. The highest BCUT2D eigenvalue weighted by molar-refractivity contribution is 6.04. The molecule has 0 saturated carbocycles. The van der Waals surface area contributed by atoms with Gasteiger partial charge >= 0.3 is 0 Å². The molecule has 0 radical (unpaired) electrons. The van der Waals surface area contributed by atoms with E-state index in [2.05, 4.69) is 12.1 Å². The van der Waals surface area contributed by atoms with E-state index in [9.17, 15) is 10.0 Å². The number of nitrogens with zero attached hydrogens (tertiary/aromatic N) is 1. The molecule has 1 aliphatic carbocycles. The molecular formula is C22H19NO4. The molecule has 5 nitrogen and oxygen atoms in total. The summed E-state index contributed by atoms with van der Waals surface area (Å²) < 4.78 is 0. The van der Waals surface area contributed by atoms with Crippen LogP contribution in [0, 0.1) is 0 Å². The van der Waals surface area contributed by atoms with Crippen molar-refractivity contribution in [2.75, 3.05) is 5.06 Å². The SMILES string of the molecule is CC(=O)O.O=C(c1ccccc1)N(O)c1ccc2c(c1)Cc1ccccc1-2. The minimum absolute atomic E-state index is 0.430. The van der Waals surface area contributed by atoms with Crippen LogP contribution in [0.1, 0.15) is 28.4 Å². The van der Waals surface area contributed by atoms with Crippen molar-refractivity contribution >= 4 is 17.6 Å². The second-order valence-corrected chi connectivity index (χ2v) is 6.18. The van der Waals surface area contributed by atoms with Crippen LogP contribution in [0.2, 0.25) is 0 Å². The molecule has 0 saturated heterocycles. The molecule has 0 fully saturated rings. The van der Waals surface area contributed by atoms with Gasteiger partial charge in [0.25, 0.3) is 11.9 Å². The Morgan fingerprint density at radius 3 is 2.15 bits per heavy atom. The van der Waals surface area contributed by atoms with Gasteiger partial charge in [-0.3, -0.25) is 14.8 Å². The quantitative estimate of drug-likeness (QED) is 0.410. The Morgan fingerprint density at radius 1 is 0.852 bits per heavy atom. The van der Waals surface area contributed by atoms with Crippen molar-refractivity contribution in [2.24, 2.45) is 0 Å². The molecule has 0 heterocycles. The zero-order valence-corrected chi connectivity index (χ0v) is 14.8. The lowest BCUT2D eigenvalue weighted by molar-refractivity contribution is -0.134. The summed E-state index contributed by atoms with van der Waals surface area (Å²) in [4.78, 5) is 21.3. The van der Waals surface area contributed by atoms with Crippen molar-refractivity contribution in [2.45, 2.75) is 13.3 Å². The maximum absolute atomic E-state index is 12.3. The first-order valence-electron chi connectivity index (χ1n) is 8.46. The van der Waals surface area contributed by atoms with Gasteiger partial charge in [0, 0.05) is 12.5 Å². The number of amides is 1. The summed E-state index contributed by atoms with van der Waals surface area (Å²) in [7, 11) is 0. The molecule has 4 rings (SSSR count). The molecule has 1 amide bonds. The molecule has 3 aromatic carbocycles. The Morgan fingerprint density at radius 2 is 1.44 bits per heavy atom. The van der Waals surface area contributed by atoms with Crippen molar-refractivity contribution in [1.29, 1.82) is 0 Å². The maximum Gasteiger partial charge on any atom is 0.300 e. The largest absolute Gasteiger partial charge is 0.481 e. The summed E-state index contributed by atoms with van der Waals surface area (Å²) in [5, 5.41) is 18.4. The first-order chi connectivity index (χ1) is 13.0. The first-order valence-corrected chi connectivity index (χ1v) is 8.46. The van der Waals surface area contributed by atoms with Gasteiger partial charge in [0.15, 0.2) is 0 Å². The number of hydrogen-bond acceptors (Lipinski definition) is 3. The number of benzene rings is 3. The topological polar surface area (TPSA) is 77.8 Å². The lowest BCUT2D eigenvalue weighted by Gasteiger charge is -2.16. The van der Waals surface area contributed by atoms with Gasteiger partial charge in [-0.2, -0.15) is 5.06 Å². The van der Waals surface area contributed by atoms with E-state index >= 15 is 0 Å². The molecule has 0 atom stereocenters. The van der Waals surface area contributed by atoms with Crippen molar-refractivity contribution < 1.29 is 19.9 Å². The summed E-state index contributed by atoms with van der Waals surface area (Å²) in [6, 6.07) is 22.7. The van der Waals surface area contributed by atoms with Crippen LogP contribution in [0.5, 0.6) is 0 Å². The third-order valence-corrected chi connectivity index (χ3v) is 4.23. The number of hydrogen-bond donors (Lipinski definition) is 2. The van der Waals surface area contributed by atoms with Crippen molar-refractivity contribution in [3.05, 3.63) is 89.5 Å². The van der Waals surface area contributed by atoms with Crippen LogP contribution < -0.4 is 5.06 Å². The third-order valence-electron chi connectivity index (χ3n) is 4.23. The van der Waals surface area contributed by atoms with Gasteiger partial charge in [0.2, 0.25) is 0 Å². The lowest BCUT2D eigenvalue weighted by atomic mass is 10.1. The predicted octanol–water partition coefficient (Wildman–Crippen LogP) is 4.38. The van der Waals surface area contributed by atoms with Gasteiger partial charge in [-0.05, 0) is 52.9 Å². The molecule has 0 unspecified atom stereocenters. The van der Waals surface area contributed by atoms with E-state index in [0.29, 0.717) is 11.3 Å². The van der Waals surface area contributed by atoms with E-state index in [1.807, 2.05) is 30.3 Å². The molecule has 2 N–H and O–H groups in total. The zero-order chi connectivity index (χ0) is 19.4. The number of anilines is 1. The van der Waals surface area contributed by atoms with Crippen LogP contribution in [0.25, 0.3) is 11.1 Å². The van der Waals surface area contributed by atoms with E-state index in [1.165, 1.54) is 16.7 Å². The van der Waals surface area contributed by atoms with Crippen LogP contribution in [-0.4, -0.2) is 22.2 Å². The number of carboxylic acid groups (broad SMARTS) is 1. The average Bonchev–Trinajstić information content (AvgIpc) is 3.05. The number of rotatable bonds is 2. The van der Waals surface area contributed by atoms with Gasteiger partial charge < -0.3 is 5.11 Å². The average molecular weight is 361 g/mol. The maximum atomic E-state index is 12.3. The minimum atomic E-state index is -0.833. The first kappa shape index (κ1) is 18.4. The highest BCUT2D eigenvalue weighted by Gasteiger charge is 2.21. The summed E-state index contributed by atoms with van der Waals surface area (Å²) in [6.45, 7) is 1.08. The van der Waals surface area contributed by atoms with Crippen LogP contribution >= 0.6 is 0 Å². The predicted molar refractivity (Wildman–Crippen MR) is 103 cm³/mol. The summed E-state index contributed by atoms with van der Waals surface area (Å²) >= 11 is 0. The standard InChI is InChI=1S/C20H15NO2.C2H4O2/c22-20(14-6-2-1-3-7-14)21(23)17-10-11-19-16(13-17)12-15-8-4-5-9-18(15)19;1-2(3)4/h1-11,13,23H,12H2;1H3,(H,3,4). The summed E-state index contributed by atoms with van der Waals surface area (Å²) in [5.41, 5.74) is 5.75. The van der Waals surface area contributed by atoms with E-state index < -0.39 is 11.9 Å². The van der Waals surface area contributed by atoms with Crippen LogP contribution in [-0.2, 0) is 11.2 Å². The molecule has 0 aromatic heterocycles. The molecule has 0 spiro atoms. The molecule has 1 aliphatic rings. The summed E-state index contributed by atoms with van der Waals surface area (Å²) in [6.07, 6.45) is 0.826. The molecule has 3 aromatic rings. The van der Waals surface area contributed by atoms with E-state index in [4.69, 9.17) is 9.90 Å². The normalized spacial score (nSPS) is 10.9. The van der Waals surface area contributed by atoms with Crippen molar-refractivity contribution in [3.63, 3.8) is 0 Å². The Kier molecular flexibility index (Phi) is 5.33. The van der Waals surface area contributed by atoms with Gasteiger partial charge in [0.1, 0.15) is 0 Å². The fourth-order valence-electron chi connectivity index (χ4n) is 3.08. The number of hydroxylamine groups is 1. The fraction of sp³-hybridized carbons (Fsp3) is 0.0909. The van der Waals surface area contributed by atoms with E-state index in [1.54, 1.807) is 30.3 Å². The van der Waals surface area contributed by atoms with E-state index in [-0.39, 0.29) is 0 Å². The Labute approximate surface area is 157 Å². The van der Waals surface area contributed by atoms with Gasteiger partial charge in [-0.25, -0.2) is 0 Å². The van der Waals surface area contributed by atoms with Crippen molar-refractivity contribution in [1.82, 2.24) is 0 Å². The second-order valence-electron chi connectivity index (χ2n) is 6.18. The Hall–Kier alpha value is -3.44. The fourth-order valence-corrected chi connectivity index (χ4v) is 3.08. The van der Waals surface area contributed by atoms with Gasteiger partial charge in [0.05, 0.1) is 5.69 Å². The summed E-state index contributed by atoms with van der Waals surface area (Å²) in [5.74, 6) is -1.26. The number of carbonyl (C=O) groups excluding carboxylic acids is 1. The van der Waals surface area contributed by atoms with Crippen molar-refractivity contribution in [3.8, 4) is 11.1 Å². The molecule has 136 valence electrons. The number of fused-ring (bicyclic) bond motifs is 3. The smallest absolute Gasteiger partial charge is 0.300 e. The highest BCUT2D eigenvalue weighted by atomic mass is 16.5. The number of aliphatic carboxylic acids is 1. The highest BCUT2D eigenvalue weighted by Crippen LogP contribution is 2.38. The van der Waals surface area contributed by atoms with Gasteiger partial charge in [-0.1, -0.05) is 48.5 Å². The van der Waals surface area contributed by atoms with Crippen LogP contribution in [0.4, 0.5) is 5.69 Å². The zero-order valence-electron chi connectivity index (χ0n) is 14.8. The number of carboxylic acids is 1. The van der Waals surface area contributed by atoms with Crippen LogP contribution in [0.15, 0.2) is 72.8 Å². The third kappa shape index (κ3) is 4.04. The molecule has 0 bridgehead atoms.